The Labute approximate surface area is 400 Å². The first kappa shape index (κ1) is 39.2. The number of hydrogen-bond acceptors (Lipinski definition) is 3. The van der Waals surface area contributed by atoms with Gasteiger partial charge >= 0.3 is 0 Å². The van der Waals surface area contributed by atoms with Crippen molar-refractivity contribution in [1.82, 2.24) is 19.5 Å². The second-order valence-corrected chi connectivity index (χ2v) is 18.2. The quantitative estimate of drug-likeness (QED) is 0.160. The minimum absolute atomic E-state index is 0.565. The van der Waals surface area contributed by atoms with E-state index in [4.69, 9.17) is 15.0 Å². The van der Waals surface area contributed by atoms with Gasteiger partial charge in [-0.1, -0.05) is 231 Å². The Morgan fingerprint density at radius 2 is 0.594 bits per heavy atom. The van der Waals surface area contributed by atoms with Crippen molar-refractivity contribution in [3.8, 4) is 51.0 Å². The van der Waals surface area contributed by atoms with E-state index in [9.17, 15) is 0 Å². The minimum atomic E-state index is -0.587. The van der Waals surface area contributed by atoms with Crippen LogP contribution in [0, 0.1) is 0 Å². The summed E-state index contributed by atoms with van der Waals surface area (Å²) >= 11 is 0. The van der Waals surface area contributed by atoms with Crippen LogP contribution in [-0.2, 0) is 10.8 Å². The lowest BCUT2D eigenvalue weighted by Crippen LogP contribution is -2.28. The van der Waals surface area contributed by atoms with Crippen molar-refractivity contribution in [1.29, 1.82) is 0 Å². The van der Waals surface area contributed by atoms with Gasteiger partial charge in [-0.2, -0.15) is 9.97 Å². The van der Waals surface area contributed by atoms with E-state index in [1.165, 1.54) is 66.8 Å². The monoisotopic (exact) mass is 878 g/mol. The maximum absolute atomic E-state index is 5.44. The van der Waals surface area contributed by atoms with E-state index in [0.717, 1.165) is 32.9 Å². The molecule has 4 heteroatoms. The van der Waals surface area contributed by atoms with Gasteiger partial charge in [0, 0.05) is 21.9 Å². The highest BCUT2D eigenvalue weighted by Crippen LogP contribution is 2.60. The van der Waals surface area contributed by atoms with E-state index in [0.29, 0.717) is 17.6 Å². The Bertz CT molecular complexity index is 3590. The first-order valence-electron chi connectivity index (χ1n) is 23.7. The Morgan fingerprint density at radius 1 is 0.275 bits per heavy atom. The Hall–Kier alpha value is -8.99. The molecule has 0 spiro atoms. The number of benzene rings is 10. The van der Waals surface area contributed by atoms with Gasteiger partial charge in [0.05, 0.1) is 21.9 Å². The first-order valence-corrected chi connectivity index (χ1v) is 23.7. The van der Waals surface area contributed by atoms with Gasteiger partial charge in [0.25, 0.3) is 0 Å². The largest absolute Gasteiger partial charge is 0.278 e. The third-order valence-corrected chi connectivity index (χ3v) is 14.8. The molecule has 2 aliphatic carbocycles. The molecule has 0 aliphatic heterocycles. The van der Waals surface area contributed by atoms with Crippen LogP contribution in [0.2, 0.25) is 0 Å². The third-order valence-electron chi connectivity index (χ3n) is 14.8. The Kier molecular flexibility index (Phi) is 8.68. The zero-order valence-electron chi connectivity index (χ0n) is 37.5. The molecule has 12 aromatic rings. The SMILES string of the molecule is c1ccc(-c2nc(-c3ccccc3)nc(-n3c4cc5c(cc4c4cc6c(cc43)-c3ccccc3C6(c3ccccc3)c3ccccc3)C(c3ccccc3)(c3ccccc3)c3ccccc3-5)n2)cc1. The van der Waals surface area contributed by atoms with E-state index in [-0.39, 0.29) is 0 Å². The molecule has 2 aromatic heterocycles. The number of aromatic nitrogens is 4. The van der Waals surface area contributed by atoms with Crippen LogP contribution in [0.15, 0.2) is 255 Å². The van der Waals surface area contributed by atoms with Crippen LogP contribution >= 0.6 is 0 Å². The van der Waals surface area contributed by atoms with Crippen LogP contribution in [0.5, 0.6) is 0 Å². The summed E-state index contributed by atoms with van der Waals surface area (Å²) in [5.74, 6) is 1.80. The molecule has 4 nitrogen and oxygen atoms in total. The maximum Gasteiger partial charge on any atom is 0.238 e. The van der Waals surface area contributed by atoms with Gasteiger partial charge in [0.1, 0.15) is 0 Å². The second kappa shape index (κ2) is 15.3. The fourth-order valence-electron chi connectivity index (χ4n) is 12.0. The van der Waals surface area contributed by atoms with E-state index < -0.39 is 10.8 Å². The van der Waals surface area contributed by atoms with Gasteiger partial charge in [0.2, 0.25) is 5.95 Å². The third kappa shape index (κ3) is 5.60. The summed E-state index contributed by atoms with van der Waals surface area (Å²) < 4.78 is 2.31. The van der Waals surface area contributed by atoms with Crippen LogP contribution in [0.1, 0.15) is 44.5 Å². The average Bonchev–Trinajstić information content (AvgIpc) is 4.02. The van der Waals surface area contributed by atoms with Crippen molar-refractivity contribution in [2.45, 2.75) is 10.8 Å². The maximum atomic E-state index is 5.44. The molecule has 322 valence electrons. The molecule has 2 aliphatic rings. The van der Waals surface area contributed by atoms with E-state index in [1.54, 1.807) is 0 Å². The fourth-order valence-corrected chi connectivity index (χ4v) is 12.0. The topological polar surface area (TPSA) is 43.6 Å². The molecule has 0 radical (unpaired) electrons. The molecule has 0 amide bonds. The van der Waals surface area contributed by atoms with Gasteiger partial charge in [-0.25, -0.2) is 4.98 Å². The summed E-state index contributed by atoms with van der Waals surface area (Å²) in [6.45, 7) is 0. The van der Waals surface area contributed by atoms with Crippen LogP contribution in [0.25, 0.3) is 72.8 Å². The van der Waals surface area contributed by atoms with Crippen molar-refractivity contribution in [2.75, 3.05) is 0 Å². The summed E-state index contributed by atoms with van der Waals surface area (Å²) in [6.07, 6.45) is 0. The normalized spacial score (nSPS) is 13.7. The number of fused-ring (bicyclic) bond motifs is 9. The molecule has 0 N–H and O–H groups in total. The molecule has 0 saturated carbocycles. The summed E-state index contributed by atoms with van der Waals surface area (Å²) in [5, 5.41) is 2.26. The lowest BCUT2D eigenvalue weighted by Gasteiger charge is -2.34. The van der Waals surface area contributed by atoms with E-state index >= 15 is 0 Å². The molecule has 2 heterocycles. The molecule has 0 fully saturated rings. The molecule has 0 unspecified atom stereocenters. The lowest BCUT2D eigenvalue weighted by molar-refractivity contribution is 0.769. The van der Waals surface area contributed by atoms with Crippen LogP contribution in [0.3, 0.4) is 0 Å². The summed E-state index contributed by atoms with van der Waals surface area (Å²) in [5.41, 5.74) is 17.5. The standard InChI is InChI=1S/C65H42N4/c1-7-23-43(24-8-1)61-66-62(44-25-9-2-10-26-44)68-63(67-61)69-59-41-51-49-35-19-21-37-55(49)64(45-27-11-3-12-28-45,46-29-13-4-14-30-46)57(51)39-53(59)54-40-58-52(42-60(54)69)50-36-20-22-38-56(50)65(58,47-31-15-5-16-32-47)48-33-17-6-18-34-48/h1-42H. The highest BCUT2D eigenvalue weighted by Gasteiger charge is 2.48. The van der Waals surface area contributed by atoms with E-state index in [2.05, 4.69) is 223 Å². The van der Waals surface area contributed by atoms with Gasteiger partial charge in [-0.15, -0.1) is 0 Å². The Balaban J connectivity index is 1.17. The molecule has 0 bridgehead atoms. The minimum Gasteiger partial charge on any atom is -0.278 e. The highest BCUT2D eigenvalue weighted by atomic mass is 15.2. The number of nitrogens with zero attached hydrogens (tertiary/aromatic N) is 4. The smallest absolute Gasteiger partial charge is 0.238 e. The van der Waals surface area contributed by atoms with Crippen molar-refractivity contribution >= 4 is 21.8 Å². The van der Waals surface area contributed by atoms with Crippen LogP contribution in [0.4, 0.5) is 0 Å². The first-order chi connectivity index (χ1) is 34.2. The van der Waals surface area contributed by atoms with Gasteiger partial charge < -0.3 is 0 Å². The lowest BCUT2D eigenvalue weighted by atomic mass is 9.67. The van der Waals surface area contributed by atoms with Crippen molar-refractivity contribution in [3.05, 3.63) is 299 Å². The van der Waals surface area contributed by atoms with Gasteiger partial charge in [-0.05, 0) is 91.0 Å². The Morgan fingerprint density at radius 3 is 0.957 bits per heavy atom. The average molecular weight is 879 g/mol. The van der Waals surface area contributed by atoms with Gasteiger partial charge in [-0.3, -0.25) is 4.57 Å². The molecule has 0 atom stereocenters. The van der Waals surface area contributed by atoms with Crippen LogP contribution < -0.4 is 0 Å². The molecule has 69 heavy (non-hydrogen) atoms. The van der Waals surface area contributed by atoms with E-state index in [1.807, 2.05) is 36.4 Å². The number of rotatable bonds is 7. The fraction of sp³-hybridized carbons (Fsp3) is 0.0308. The zero-order valence-corrected chi connectivity index (χ0v) is 37.5. The van der Waals surface area contributed by atoms with Crippen molar-refractivity contribution < 1.29 is 0 Å². The number of hydrogen-bond donors (Lipinski definition) is 0. The van der Waals surface area contributed by atoms with Gasteiger partial charge in [0.15, 0.2) is 11.6 Å². The predicted molar refractivity (Wildman–Crippen MR) is 280 cm³/mol. The summed E-state index contributed by atoms with van der Waals surface area (Å²) in [7, 11) is 0. The molecular weight excluding hydrogens is 837 g/mol. The molecular formula is C65H42N4. The van der Waals surface area contributed by atoms with Crippen LogP contribution in [-0.4, -0.2) is 19.5 Å². The zero-order chi connectivity index (χ0) is 45.5. The predicted octanol–water partition coefficient (Wildman–Crippen LogP) is 15.0. The molecule has 0 saturated heterocycles. The van der Waals surface area contributed by atoms with Crippen molar-refractivity contribution in [3.63, 3.8) is 0 Å². The molecule has 14 rings (SSSR count). The second-order valence-electron chi connectivity index (χ2n) is 18.2. The highest BCUT2D eigenvalue weighted by molar-refractivity contribution is 6.14. The summed E-state index contributed by atoms with van der Waals surface area (Å²) in [6, 6.07) is 92.6. The van der Waals surface area contributed by atoms with Crippen molar-refractivity contribution in [2.24, 2.45) is 0 Å². The molecule has 10 aromatic carbocycles. The summed E-state index contributed by atoms with van der Waals surface area (Å²) in [4.78, 5) is 16.0.